The van der Waals surface area contributed by atoms with Gasteiger partial charge in [-0.2, -0.15) is 0 Å². The molecule has 10 aromatic rings. The normalized spacial score (nSPS) is 15.0. The van der Waals surface area contributed by atoms with E-state index in [1.165, 1.54) is 60.2 Å². The molecule has 2 aliphatic carbocycles. The lowest BCUT2D eigenvalue weighted by Crippen LogP contribution is -2.26. The fourth-order valence-electron chi connectivity index (χ4n) is 10.9. The van der Waals surface area contributed by atoms with Crippen LogP contribution < -0.4 is 0 Å². The van der Waals surface area contributed by atoms with Gasteiger partial charge in [-0.25, -0.2) is 19.9 Å². The topological polar surface area (TPSA) is 64.7 Å². The number of furan rings is 1. The van der Waals surface area contributed by atoms with Gasteiger partial charge in [-0.1, -0.05) is 159 Å². The van der Waals surface area contributed by atoms with Crippen LogP contribution in [0.1, 0.15) is 102 Å². The Hall–Kier alpha value is -6.50. The molecule has 0 saturated carbocycles. The molecule has 0 atom stereocenters. The van der Waals surface area contributed by atoms with Crippen LogP contribution >= 0.6 is 11.3 Å². The highest BCUT2D eigenvalue weighted by Gasteiger charge is 2.40. The van der Waals surface area contributed by atoms with Gasteiger partial charge >= 0.3 is 0 Å². The molecule has 64 heavy (non-hydrogen) atoms. The number of benzene rings is 6. The Morgan fingerprint density at radius 2 is 1.14 bits per heavy atom. The van der Waals surface area contributed by atoms with Crippen LogP contribution in [0.5, 0.6) is 0 Å². The van der Waals surface area contributed by atoms with Crippen LogP contribution in [0.15, 0.2) is 132 Å². The first-order valence-electron chi connectivity index (χ1n) is 22.5. The lowest BCUT2D eigenvalue weighted by atomic mass is 9.75. The molecule has 2 aliphatic rings. The summed E-state index contributed by atoms with van der Waals surface area (Å²) in [7, 11) is 0. The minimum Gasteiger partial charge on any atom is -0.452 e. The molecule has 5 nitrogen and oxygen atoms in total. The average Bonchev–Trinajstić information content (AvgIpc) is 3.98. The summed E-state index contributed by atoms with van der Waals surface area (Å²) in [6, 6.07) is 46.4. The van der Waals surface area contributed by atoms with Gasteiger partial charge in [0, 0.05) is 48.3 Å². The number of hydrogen-bond acceptors (Lipinski definition) is 6. The Balaban J connectivity index is 0.980. The van der Waals surface area contributed by atoms with Gasteiger partial charge in [-0.3, -0.25) is 0 Å². The van der Waals surface area contributed by atoms with Crippen molar-refractivity contribution in [3.63, 3.8) is 0 Å². The number of para-hydroxylation sites is 1. The SMILES string of the molecule is CC(C)(C)c1nc(-c2ccc3c(c2)-c2cccc(CC(C)(C)c4nc(-c5ccc6c(c5)-c5ccccc5C6(C)C)c5oc6ccccc6c5n4)c2C3(C)C)c2sc3ccccc3c2n1. The number of nitrogens with zero attached hydrogens (tertiary/aromatic N) is 4. The quantitative estimate of drug-likeness (QED) is 0.173. The Morgan fingerprint density at radius 1 is 0.531 bits per heavy atom. The van der Waals surface area contributed by atoms with Crippen molar-refractivity contribution in [2.24, 2.45) is 0 Å². The van der Waals surface area contributed by atoms with E-state index < -0.39 is 5.41 Å². The summed E-state index contributed by atoms with van der Waals surface area (Å²) >= 11 is 1.79. The highest BCUT2D eigenvalue weighted by atomic mass is 32.1. The predicted molar refractivity (Wildman–Crippen MR) is 266 cm³/mol. The molecule has 0 radical (unpaired) electrons. The molecule has 0 spiro atoms. The van der Waals surface area contributed by atoms with Crippen molar-refractivity contribution in [1.29, 1.82) is 0 Å². The minimum atomic E-state index is -0.436. The van der Waals surface area contributed by atoms with Gasteiger partial charge in [0.15, 0.2) is 5.58 Å². The number of hydrogen-bond donors (Lipinski definition) is 0. The minimum absolute atomic E-state index is 0.0830. The van der Waals surface area contributed by atoms with Gasteiger partial charge in [-0.05, 0) is 86.8 Å². The van der Waals surface area contributed by atoms with E-state index in [1.807, 2.05) is 12.1 Å². The first-order chi connectivity index (χ1) is 30.6. The molecule has 0 saturated heterocycles. The van der Waals surface area contributed by atoms with Gasteiger partial charge < -0.3 is 4.42 Å². The molecule has 314 valence electrons. The van der Waals surface area contributed by atoms with Crippen molar-refractivity contribution in [1.82, 2.24) is 19.9 Å². The summed E-state index contributed by atoms with van der Waals surface area (Å²) in [5.41, 5.74) is 18.3. The van der Waals surface area contributed by atoms with E-state index in [2.05, 4.69) is 178 Å². The maximum atomic E-state index is 6.65. The third-order valence-corrected chi connectivity index (χ3v) is 15.4. The van der Waals surface area contributed by atoms with Crippen molar-refractivity contribution >= 4 is 53.7 Å². The highest BCUT2D eigenvalue weighted by molar-refractivity contribution is 7.26. The monoisotopic (exact) mass is 850 g/mol. The summed E-state index contributed by atoms with van der Waals surface area (Å²) in [5, 5.41) is 2.19. The second-order valence-electron chi connectivity index (χ2n) is 20.8. The molecule has 0 amide bonds. The summed E-state index contributed by atoms with van der Waals surface area (Å²) in [6.07, 6.45) is 0.760. The number of thiophene rings is 1. The predicted octanol–water partition coefficient (Wildman–Crippen LogP) is 15.3. The molecule has 0 unspecified atom stereocenters. The molecule has 0 bridgehead atoms. The van der Waals surface area contributed by atoms with Crippen LogP contribution in [0.2, 0.25) is 0 Å². The molecule has 0 N–H and O–H groups in total. The Kier molecular flexibility index (Phi) is 8.11. The van der Waals surface area contributed by atoms with Crippen LogP contribution in [0.4, 0.5) is 0 Å². The molecular weight excluding hydrogens is 801 g/mol. The number of aromatic nitrogens is 4. The van der Waals surface area contributed by atoms with Crippen LogP contribution in [-0.4, -0.2) is 19.9 Å². The van der Waals surface area contributed by atoms with Gasteiger partial charge in [-0.15, -0.1) is 11.3 Å². The Bertz CT molecular complexity index is 3620. The molecule has 6 aromatic carbocycles. The fourth-order valence-corrected chi connectivity index (χ4v) is 12.1. The standard InChI is InChI=1S/C58H50N4OS/c1-55(2,3)53-60-48(52-50(62-53)38-20-12-15-24-45(38)64-52)33-26-28-43-40(30-33)36-21-16-17-34(46(36)58(43,8)9)31-56(4,5)54-59-47(51-49(61-54)37-19-11-14-23-44(37)63-51)32-25-27-42-39(29-32)35-18-10-13-22-41(35)57(42,6)7/h10-30H,31H2,1-9H3. The summed E-state index contributed by atoms with van der Waals surface area (Å²) in [4.78, 5) is 21.4. The van der Waals surface area contributed by atoms with Gasteiger partial charge in [0.1, 0.15) is 28.4 Å². The Labute approximate surface area is 378 Å². The smallest absolute Gasteiger partial charge is 0.180 e. The Morgan fingerprint density at radius 3 is 1.92 bits per heavy atom. The lowest BCUT2D eigenvalue weighted by Gasteiger charge is -2.29. The average molecular weight is 851 g/mol. The van der Waals surface area contributed by atoms with E-state index in [0.717, 1.165) is 72.9 Å². The lowest BCUT2D eigenvalue weighted by molar-refractivity contribution is 0.483. The van der Waals surface area contributed by atoms with E-state index in [1.54, 1.807) is 11.3 Å². The molecular formula is C58H50N4OS. The van der Waals surface area contributed by atoms with Crippen LogP contribution in [0.3, 0.4) is 0 Å². The summed E-state index contributed by atoms with van der Waals surface area (Å²) in [5.74, 6) is 1.67. The molecule has 4 aromatic heterocycles. The van der Waals surface area contributed by atoms with Crippen LogP contribution in [0, 0.1) is 0 Å². The van der Waals surface area contributed by atoms with Gasteiger partial charge in [0.25, 0.3) is 0 Å². The highest BCUT2D eigenvalue weighted by Crippen LogP contribution is 2.53. The second kappa shape index (κ2) is 13.3. The number of rotatable bonds is 5. The van der Waals surface area contributed by atoms with E-state index in [-0.39, 0.29) is 16.2 Å². The summed E-state index contributed by atoms with van der Waals surface area (Å²) < 4.78 is 9.02. The van der Waals surface area contributed by atoms with E-state index >= 15 is 0 Å². The van der Waals surface area contributed by atoms with Crippen LogP contribution in [-0.2, 0) is 28.1 Å². The first-order valence-corrected chi connectivity index (χ1v) is 23.3. The van der Waals surface area contributed by atoms with Crippen LogP contribution in [0.25, 0.3) is 87.1 Å². The largest absolute Gasteiger partial charge is 0.452 e. The zero-order valence-electron chi connectivity index (χ0n) is 37.9. The maximum absolute atomic E-state index is 6.65. The van der Waals surface area contributed by atoms with Gasteiger partial charge in [0.2, 0.25) is 0 Å². The third kappa shape index (κ3) is 5.60. The second-order valence-corrected chi connectivity index (χ2v) is 21.9. The molecule has 0 aliphatic heterocycles. The maximum Gasteiger partial charge on any atom is 0.180 e. The van der Waals surface area contributed by atoms with E-state index in [0.29, 0.717) is 0 Å². The van der Waals surface area contributed by atoms with Gasteiger partial charge in [0.05, 0.1) is 15.9 Å². The molecule has 4 heterocycles. The molecule has 6 heteroatoms. The van der Waals surface area contributed by atoms with E-state index in [4.69, 9.17) is 24.4 Å². The van der Waals surface area contributed by atoms with E-state index in [9.17, 15) is 0 Å². The molecule has 0 fully saturated rings. The first kappa shape index (κ1) is 39.1. The van der Waals surface area contributed by atoms with Crippen molar-refractivity contribution < 1.29 is 4.42 Å². The number of fused-ring (bicyclic) bond motifs is 12. The van der Waals surface area contributed by atoms with Crippen molar-refractivity contribution in [3.8, 4) is 44.8 Å². The third-order valence-electron chi connectivity index (χ3n) is 14.2. The zero-order chi connectivity index (χ0) is 44.1. The van der Waals surface area contributed by atoms with Crippen molar-refractivity contribution in [2.75, 3.05) is 0 Å². The van der Waals surface area contributed by atoms with Crippen molar-refractivity contribution in [3.05, 3.63) is 167 Å². The zero-order valence-corrected chi connectivity index (χ0v) is 38.8. The van der Waals surface area contributed by atoms with Crippen molar-refractivity contribution in [2.45, 2.75) is 90.4 Å². The summed E-state index contributed by atoms with van der Waals surface area (Å²) in [6.45, 7) is 20.6. The molecule has 12 rings (SSSR count). The fraction of sp³-hybridized carbons (Fsp3) is 0.241.